The molecule has 29 heavy (non-hydrogen) atoms. The average Bonchev–Trinajstić information content (AvgIpc) is 2.97. The van der Waals surface area contributed by atoms with E-state index in [1.807, 2.05) is 63.2 Å². The largest absolute Gasteiger partial charge is 0.490 e. The van der Waals surface area contributed by atoms with Gasteiger partial charge in [-0.15, -0.1) is 0 Å². The summed E-state index contributed by atoms with van der Waals surface area (Å²) in [6.07, 6.45) is 1.50. The first-order chi connectivity index (χ1) is 14.0. The van der Waals surface area contributed by atoms with E-state index in [2.05, 4.69) is 0 Å². The van der Waals surface area contributed by atoms with Crippen molar-refractivity contribution in [1.29, 1.82) is 0 Å². The van der Waals surface area contributed by atoms with E-state index in [0.29, 0.717) is 50.5 Å². The van der Waals surface area contributed by atoms with E-state index in [0.717, 1.165) is 11.1 Å². The number of carbonyl (C=O) groups excluding carboxylic acids is 2. The summed E-state index contributed by atoms with van der Waals surface area (Å²) in [6, 6.07) is 13.9. The zero-order valence-corrected chi connectivity index (χ0v) is 17.4. The summed E-state index contributed by atoms with van der Waals surface area (Å²) in [5, 5.41) is 0. The molecule has 3 rings (SSSR count). The molecule has 1 heterocycles. The molecule has 0 saturated carbocycles. The lowest BCUT2D eigenvalue weighted by atomic mass is 9.97. The summed E-state index contributed by atoms with van der Waals surface area (Å²) >= 11 is 0. The molecule has 1 saturated heterocycles. The van der Waals surface area contributed by atoms with Gasteiger partial charge in [-0.25, -0.2) is 0 Å². The molecule has 1 aliphatic heterocycles. The van der Waals surface area contributed by atoms with E-state index in [1.54, 1.807) is 0 Å². The average molecular weight is 395 g/mol. The van der Waals surface area contributed by atoms with Crippen molar-refractivity contribution in [2.24, 2.45) is 5.92 Å². The van der Waals surface area contributed by atoms with Crippen molar-refractivity contribution < 1.29 is 19.1 Å². The van der Waals surface area contributed by atoms with Gasteiger partial charge in [0.25, 0.3) is 0 Å². The number of nitrogens with zero attached hydrogens (tertiary/aromatic N) is 1. The first-order valence-electron chi connectivity index (χ1n) is 10.3. The van der Waals surface area contributed by atoms with Crippen LogP contribution in [0.15, 0.2) is 42.5 Å². The standard InChI is InChI=1S/C24H29NO4/c1-4-28-21-11-10-19(15-22(21)29-5-2)12-13-25-23(26)16-20(24(25)27)14-18-8-6-17(3)7-9-18/h6-11,15,20H,4-5,12-14,16H2,1-3H3/t20-/m0/s1. The molecule has 0 radical (unpaired) electrons. The van der Waals surface area contributed by atoms with E-state index in [4.69, 9.17) is 9.47 Å². The number of aryl methyl sites for hydroxylation is 1. The Labute approximate surface area is 172 Å². The SMILES string of the molecule is CCOc1ccc(CCN2C(=O)C[C@H](Cc3ccc(C)cc3)C2=O)cc1OCC. The van der Waals surface area contributed by atoms with Crippen LogP contribution < -0.4 is 9.47 Å². The van der Waals surface area contributed by atoms with Crippen LogP contribution >= 0.6 is 0 Å². The highest BCUT2D eigenvalue weighted by Crippen LogP contribution is 2.29. The van der Waals surface area contributed by atoms with Crippen molar-refractivity contribution in [3.05, 3.63) is 59.2 Å². The fraction of sp³-hybridized carbons (Fsp3) is 0.417. The summed E-state index contributed by atoms with van der Waals surface area (Å²) in [5.41, 5.74) is 3.29. The third kappa shape index (κ3) is 5.17. The molecular formula is C24H29NO4. The van der Waals surface area contributed by atoms with Gasteiger partial charge in [-0.3, -0.25) is 14.5 Å². The predicted molar refractivity (Wildman–Crippen MR) is 112 cm³/mol. The molecule has 0 spiro atoms. The number of imide groups is 1. The number of carbonyl (C=O) groups is 2. The fourth-order valence-corrected chi connectivity index (χ4v) is 3.65. The molecule has 0 aromatic heterocycles. The van der Waals surface area contributed by atoms with Gasteiger partial charge in [0.15, 0.2) is 11.5 Å². The van der Waals surface area contributed by atoms with E-state index in [1.165, 1.54) is 10.5 Å². The Morgan fingerprint density at radius 2 is 1.59 bits per heavy atom. The molecule has 2 amide bonds. The van der Waals surface area contributed by atoms with E-state index >= 15 is 0 Å². The van der Waals surface area contributed by atoms with Crippen molar-refractivity contribution in [1.82, 2.24) is 4.90 Å². The van der Waals surface area contributed by atoms with Crippen LogP contribution in [0.25, 0.3) is 0 Å². The molecule has 1 atom stereocenters. The zero-order valence-electron chi connectivity index (χ0n) is 17.4. The van der Waals surface area contributed by atoms with Gasteiger partial charge in [-0.1, -0.05) is 35.9 Å². The Morgan fingerprint density at radius 1 is 0.931 bits per heavy atom. The first kappa shape index (κ1) is 20.9. The number of hydrogen-bond acceptors (Lipinski definition) is 4. The third-order valence-corrected chi connectivity index (χ3v) is 5.17. The maximum Gasteiger partial charge on any atom is 0.233 e. The minimum absolute atomic E-state index is 0.0634. The molecule has 154 valence electrons. The number of ether oxygens (including phenoxy) is 2. The van der Waals surface area contributed by atoms with Crippen LogP contribution in [0.5, 0.6) is 11.5 Å². The van der Waals surface area contributed by atoms with Gasteiger partial charge in [0.2, 0.25) is 11.8 Å². The normalized spacial score (nSPS) is 16.4. The lowest BCUT2D eigenvalue weighted by Crippen LogP contribution is -2.33. The van der Waals surface area contributed by atoms with Crippen molar-refractivity contribution in [3.63, 3.8) is 0 Å². The summed E-state index contributed by atoms with van der Waals surface area (Å²) in [5.74, 6) is 1.01. The first-order valence-corrected chi connectivity index (χ1v) is 10.3. The van der Waals surface area contributed by atoms with Crippen LogP contribution in [0, 0.1) is 12.8 Å². The van der Waals surface area contributed by atoms with Crippen molar-refractivity contribution in [3.8, 4) is 11.5 Å². The highest BCUT2D eigenvalue weighted by Gasteiger charge is 2.37. The number of amides is 2. The molecule has 5 nitrogen and oxygen atoms in total. The van der Waals surface area contributed by atoms with Gasteiger partial charge >= 0.3 is 0 Å². The predicted octanol–water partition coefficient (Wildman–Crippen LogP) is 3.95. The lowest BCUT2D eigenvalue weighted by molar-refractivity contribution is -0.139. The van der Waals surface area contributed by atoms with E-state index in [-0.39, 0.29) is 17.7 Å². The molecule has 2 aromatic carbocycles. The Morgan fingerprint density at radius 3 is 2.28 bits per heavy atom. The Kier molecular flexibility index (Phi) is 6.91. The number of hydrogen-bond donors (Lipinski definition) is 0. The maximum atomic E-state index is 12.8. The van der Waals surface area contributed by atoms with Crippen LogP contribution in [-0.2, 0) is 22.4 Å². The summed E-state index contributed by atoms with van der Waals surface area (Å²) in [4.78, 5) is 26.6. The summed E-state index contributed by atoms with van der Waals surface area (Å²) < 4.78 is 11.3. The fourth-order valence-electron chi connectivity index (χ4n) is 3.65. The van der Waals surface area contributed by atoms with Crippen molar-refractivity contribution >= 4 is 11.8 Å². The Balaban J connectivity index is 1.63. The number of rotatable bonds is 9. The monoisotopic (exact) mass is 395 g/mol. The van der Waals surface area contributed by atoms with Gasteiger partial charge in [-0.05, 0) is 56.9 Å². The van der Waals surface area contributed by atoms with Gasteiger partial charge < -0.3 is 9.47 Å². The van der Waals surface area contributed by atoms with Gasteiger partial charge in [0, 0.05) is 13.0 Å². The van der Waals surface area contributed by atoms with E-state index < -0.39 is 0 Å². The molecule has 1 aliphatic rings. The number of benzene rings is 2. The van der Waals surface area contributed by atoms with Gasteiger partial charge in [0.05, 0.1) is 19.1 Å². The third-order valence-electron chi connectivity index (χ3n) is 5.17. The molecule has 0 N–H and O–H groups in total. The maximum absolute atomic E-state index is 12.8. The zero-order chi connectivity index (χ0) is 20.8. The molecular weight excluding hydrogens is 366 g/mol. The lowest BCUT2D eigenvalue weighted by Gasteiger charge is -2.16. The Hall–Kier alpha value is -2.82. The minimum atomic E-state index is -0.260. The molecule has 0 aliphatic carbocycles. The number of likely N-dealkylation sites (tertiary alicyclic amines) is 1. The summed E-state index contributed by atoms with van der Waals surface area (Å²) in [7, 11) is 0. The van der Waals surface area contributed by atoms with Crippen LogP contribution in [0.2, 0.25) is 0 Å². The van der Waals surface area contributed by atoms with Crippen LogP contribution in [-0.4, -0.2) is 36.5 Å². The van der Waals surface area contributed by atoms with Gasteiger partial charge in [-0.2, -0.15) is 0 Å². The molecule has 5 heteroatoms. The molecule has 0 bridgehead atoms. The highest BCUT2D eigenvalue weighted by atomic mass is 16.5. The summed E-state index contributed by atoms with van der Waals surface area (Å²) in [6.45, 7) is 7.40. The quantitative estimate of drug-likeness (QED) is 0.603. The van der Waals surface area contributed by atoms with Crippen molar-refractivity contribution in [2.75, 3.05) is 19.8 Å². The van der Waals surface area contributed by atoms with Crippen LogP contribution in [0.4, 0.5) is 0 Å². The molecule has 0 unspecified atom stereocenters. The topological polar surface area (TPSA) is 55.8 Å². The Bertz CT molecular complexity index is 860. The van der Waals surface area contributed by atoms with Crippen LogP contribution in [0.3, 0.4) is 0 Å². The van der Waals surface area contributed by atoms with E-state index in [9.17, 15) is 9.59 Å². The van der Waals surface area contributed by atoms with Gasteiger partial charge in [0.1, 0.15) is 0 Å². The van der Waals surface area contributed by atoms with Crippen molar-refractivity contribution in [2.45, 2.75) is 40.0 Å². The second-order valence-corrected chi connectivity index (χ2v) is 7.37. The highest BCUT2D eigenvalue weighted by molar-refractivity contribution is 6.03. The van der Waals surface area contributed by atoms with Crippen LogP contribution in [0.1, 0.15) is 37.0 Å². The smallest absolute Gasteiger partial charge is 0.233 e. The second kappa shape index (κ2) is 9.59. The second-order valence-electron chi connectivity index (χ2n) is 7.37. The minimum Gasteiger partial charge on any atom is -0.490 e. The molecule has 1 fully saturated rings. The molecule has 2 aromatic rings.